The van der Waals surface area contributed by atoms with Crippen LogP contribution in [-0.4, -0.2) is 42.2 Å². The predicted octanol–water partition coefficient (Wildman–Crippen LogP) is 4.27. The lowest BCUT2D eigenvalue weighted by atomic mass is 9.82. The summed E-state index contributed by atoms with van der Waals surface area (Å²) in [6.45, 7) is 9.70. The minimum absolute atomic E-state index is 0.0238. The average Bonchev–Trinajstić information content (AvgIpc) is 2.50. The SMILES string of the molecule is CO[C@@H](C[C@H](O)[C@H](CC1CCCCC1)NC(=O)OC(C)(C)C)C(C)C. The van der Waals surface area contributed by atoms with Gasteiger partial charge >= 0.3 is 6.09 Å². The Bertz CT molecular complexity index is 386. The van der Waals surface area contributed by atoms with Crippen LogP contribution in [0.4, 0.5) is 4.79 Å². The highest BCUT2D eigenvalue weighted by molar-refractivity contribution is 5.68. The lowest BCUT2D eigenvalue weighted by Crippen LogP contribution is -2.48. The molecule has 1 aliphatic rings. The second kappa shape index (κ2) is 10.4. The fourth-order valence-electron chi connectivity index (χ4n) is 3.60. The molecule has 1 rings (SSSR count). The van der Waals surface area contributed by atoms with Gasteiger partial charge in [-0.3, -0.25) is 0 Å². The van der Waals surface area contributed by atoms with Crippen molar-refractivity contribution in [2.45, 2.75) is 103 Å². The summed E-state index contributed by atoms with van der Waals surface area (Å²) in [5.74, 6) is 0.875. The topological polar surface area (TPSA) is 67.8 Å². The Hall–Kier alpha value is -0.810. The third-order valence-electron chi connectivity index (χ3n) is 5.00. The van der Waals surface area contributed by atoms with Crippen molar-refractivity contribution < 1.29 is 19.4 Å². The summed E-state index contributed by atoms with van der Waals surface area (Å²) in [5, 5.41) is 13.7. The smallest absolute Gasteiger partial charge is 0.407 e. The van der Waals surface area contributed by atoms with Crippen LogP contribution in [0.5, 0.6) is 0 Å². The Morgan fingerprint density at radius 2 is 1.80 bits per heavy atom. The monoisotopic (exact) mass is 357 g/mol. The molecule has 0 aliphatic heterocycles. The van der Waals surface area contributed by atoms with Crippen molar-refractivity contribution >= 4 is 6.09 Å². The molecular formula is C20H39NO4. The van der Waals surface area contributed by atoms with Crippen LogP contribution in [0.25, 0.3) is 0 Å². The highest BCUT2D eigenvalue weighted by Crippen LogP contribution is 2.29. The number of ether oxygens (including phenoxy) is 2. The van der Waals surface area contributed by atoms with Crippen LogP contribution in [0.3, 0.4) is 0 Å². The van der Waals surface area contributed by atoms with Gasteiger partial charge in [0.1, 0.15) is 5.60 Å². The van der Waals surface area contributed by atoms with E-state index in [1.165, 1.54) is 32.1 Å². The predicted molar refractivity (Wildman–Crippen MR) is 101 cm³/mol. The normalized spacial score (nSPS) is 20.2. The molecular weight excluding hydrogens is 318 g/mol. The van der Waals surface area contributed by atoms with Crippen LogP contribution in [0.15, 0.2) is 0 Å². The molecule has 25 heavy (non-hydrogen) atoms. The van der Waals surface area contributed by atoms with E-state index in [0.29, 0.717) is 18.3 Å². The van der Waals surface area contributed by atoms with Gasteiger partial charge < -0.3 is 19.9 Å². The van der Waals surface area contributed by atoms with Gasteiger partial charge in [-0.25, -0.2) is 4.79 Å². The number of rotatable bonds is 8. The Kier molecular flexibility index (Phi) is 9.22. The molecule has 5 nitrogen and oxygen atoms in total. The summed E-state index contributed by atoms with van der Waals surface area (Å²) in [6, 6.07) is -0.297. The van der Waals surface area contributed by atoms with E-state index in [0.717, 1.165) is 6.42 Å². The lowest BCUT2D eigenvalue weighted by molar-refractivity contribution is -0.00226. The van der Waals surface area contributed by atoms with Gasteiger partial charge in [0.2, 0.25) is 0 Å². The molecule has 0 unspecified atom stereocenters. The fraction of sp³-hybridized carbons (Fsp3) is 0.950. The van der Waals surface area contributed by atoms with Crippen LogP contribution in [-0.2, 0) is 9.47 Å². The van der Waals surface area contributed by atoms with Crippen molar-refractivity contribution in [1.82, 2.24) is 5.32 Å². The fourth-order valence-corrected chi connectivity index (χ4v) is 3.60. The molecule has 0 radical (unpaired) electrons. The Balaban J connectivity index is 2.72. The second-order valence-corrected chi connectivity index (χ2v) is 8.81. The van der Waals surface area contributed by atoms with Crippen molar-refractivity contribution in [2.24, 2.45) is 11.8 Å². The maximum absolute atomic E-state index is 12.2. The summed E-state index contributed by atoms with van der Waals surface area (Å²) in [5.41, 5.74) is -0.544. The van der Waals surface area contributed by atoms with Gasteiger partial charge in [0.15, 0.2) is 0 Å². The van der Waals surface area contributed by atoms with Crippen LogP contribution >= 0.6 is 0 Å². The number of hydrogen-bond donors (Lipinski definition) is 2. The van der Waals surface area contributed by atoms with E-state index in [2.05, 4.69) is 19.2 Å². The van der Waals surface area contributed by atoms with Crippen LogP contribution in [0.2, 0.25) is 0 Å². The molecule has 2 N–H and O–H groups in total. The van der Waals surface area contributed by atoms with Crippen molar-refractivity contribution in [3.8, 4) is 0 Å². The first kappa shape index (κ1) is 22.2. The molecule has 1 aliphatic carbocycles. The van der Waals surface area contributed by atoms with Gasteiger partial charge in [-0.15, -0.1) is 0 Å². The van der Waals surface area contributed by atoms with Crippen LogP contribution in [0.1, 0.15) is 79.6 Å². The van der Waals surface area contributed by atoms with Crippen LogP contribution in [0, 0.1) is 11.8 Å². The van der Waals surface area contributed by atoms with Gasteiger partial charge in [-0.1, -0.05) is 46.0 Å². The number of nitrogens with one attached hydrogen (secondary N) is 1. The zero-order chi connectivity index (χ0) is 19.0. The van der Waals surface area contributed by atoms with Gasteiger partial charge in [0.05, 0.1) is 18.2 Å². The quantitative estimate of drug-likeness (QED) is 0.680. The van der Waals surface area contributed by atoms with E-state index < -0.39 is 17.8 Å². The average molecular weight is 358 g/mol. The third-order valence-corrected chi connectivity index (χ3v) is 5.00. The molecule has 0 spiro atoms. The summed E-state index contributed by atoms with van der Waals surface area (Å²) < 4.78 is 10.9. The van der Waals surface area contributed by atoms with E-state index in [1.807, 2.05) is 20.8 Å². The summed E-state index contributed by atoms with van der Waals surface area (Å²) >= 11 is 0. The number of alkyl carbamates (subject to hydrolysis) is 1. The maximum Gasteiger partial charge on any atom is 0.407 e. The molecule has 0 aromatic heterocycles. The van der Waals surface area contributed by atoms with Crippen molar-refractivity contribution in [3.63, 3.8) is 0 Å². The van der Waals surface area contributed by atoms with E-state index in [1.54, 1.807) is 7.11 Å². The van der Waals surface area contributed by atoms with E-state index >= 15 is 0 Å². The number of amides is 1. The highest BCUT2D eigenvalue weighted by Gasteiger charge is 2.30. The summed E-state index contributed by atoms with van der Waals surface area (Å²) in [6.07, 6.45) is 6.34. The molecule has 0 aromatic rings. The highest BCUT2D eigenvalue weighted by atomic mass is 16.6. The van der Waals surface area contributed by atoms with Crippen LogP contribution < -0.4 is 5.32 Å². The van der Waals surface area contributed by atoms with Crippen molar-refractivity contribution in [3.05, 3.63) is 0 Å². The first-order chi connectivity index (χ1) is 11.6. The zero-order valence-electron chi connectivity index (χ0n) is 17.0. The minimum Gasteiger partial charge on any atom is -0.444 e. The second-order valence-electron chi connectivity index (χ2n) is 8.81. The van der Waals surface area contributed by atoms with E-state index in [-0.39, 0.29) is 12.1 Å². The molecule has 1 amide bonds. The summed E-state index contributed by atoms with van der Waals surface area (Å²) in [4.78, 5) is 12.2. The molecule has 148 valence electrons. The van der Waals surface area contributed by atoms with E-state index in [9.17, 15) is 9.90 Å². The van der Waals surface area contributed by atoms with Gasteiger partial charge in [0.25, 0.3) is 0 Å². The molecule has 3 atom stereocenters. The molecule has 0 saturated heterocycles. The van der Waals surface area contributed by atoms with Gasteiger partial charge in [-0.2, -0.15) is 0 Å². The number of aliphatic hydroxyl groups excluding tert-OH is 1. The third kappa shape index (κ3) is 8.91. The molecule has 0 aromatic carbocycles. The molecule has 5 heteroatoms. The summed E-state index contributed by atoms with van der Waals surface area (Å²) in [7, 11) is 1.68. The number of carbonyl (C=O) groups excluding carboxylic acids is 1. The molecule has 0 bridgehead atoms. The Morgan fingerprint density at radius 1 is 1.20 bits per heavy atom. The van der Waals surface area contributed by atoms with Gasteiger partial charge in [0, 0.05) is 13.5 Å². The van der Waals surface area contributed by atoms with Crippen molar-refractivity contribution in [2.75, 3.05) is 7.11 Å². The number of methoxy groups -OCH3 is 1. The Labute approximate surface area is 153 Å². The first-order valence-corrected chi connectivity index (χ1v) is 9.82. The maximum atomic E-state index is 12.2. The number of hydrogen-bond acceptors (Lipinski definition) is 4. The standard InChI is InChI=1S/C20H39NO4/c1-14(2)18(24-6)13-17(22)16(12-15-10-8-7-9-11-15)21-19(23)25-20(3,4)5/h14-18,22H,7-13H2,1-6H3,(H,21,23)/t16-,17-,18-/m0/s1. The number of aliphatic hydroxyl groups is 1. The number of carbonyl (C=O) groups is 1. The molecule has 1 fully saturated rings. The molecule has 0 heterocycles. The Morgan fingerprint density at radius 3 is 2.28 bits per heavy atom. The first-order valence-electron chi connectivity index (χ1n) is 9.82. The molecule has 1 saturated carbocycles. The minimum atomic E-state index is -0.637. The largest absolute Gasteiger partial charge is 0.444 e. The van der Waals surface area contributed by atoms with Gasteiger partial charge in [-0.05, 0) is 39.0 Å². The van der Waals surface area contributed by atoms with E-state index in [4.69, 9.17) is 9.47 Å². The lowest BCUT2D eigenvalue weighted by Gasteiger charge is -2.32. The zero-order valence-corrected chi connectivity index (χ0v) is 17.0. The van der Waals surface area contributed by atoms with Crippen molar-refractivity contribution in [1.29, 1.82) is 0 Å².